The number of hydrogen-bond donors (Lipinski definition) is 1. The van der Waals surface area contributed by atoms with Crippen molar-refractivity contribution in [2.75, 3.05) is 12.8 Å². The van der Waals surface area contributed by atoms with Gasteiger partial charge < -0.3 is 9.52 Å². The summed E-state index contributed by atoms with van der Waals surface area (Å²) >= 11 is 0. The van der Waals surface area contributed by atoms with E-state index in [-0.39, 0.29) is 10.9 Å². The van der Waals surface area contributed by atoms with Gasteiger partial charge in [-0.15, -0.1) is 0 Å². The smallest absolute Gasteiger partial charge is 0.175 e. The van der Waals surface area contributed by atoms with Crippen LogP contribution in [0.2, 0.25) is 0 Å². The zero-order valence-corrected chi connectivity index (χ0v) is 14.7. The summed E-state index contributed by atoms with van der Waals surface area (Å²) in [5.74, 6) is 0.890. The lowest BCUT2D eigenvalue weighted by molar-refractivity contribution is 0.0788. The van der Waals surface area contributed by atoms with Crippen molar-refractivity contribution in [3.8, 4) is 0 Å². The average Bonchev–Trinajstić information content (AvgIpc) is 3.24. The molecule has 1 saturated carbocycles. The molecule has 130 valence electrons. The van der Waals surface area contributed by atoms with Crippen LogP contribution in [0.3, 0.4) is 0 Å². The van der Waals surface area contributed by atoms with Crippen LogP contribution in [-0.2, 0) is 9.84 Å². The summed E-state index contributed by atoms with van der Waals surface area (Å²) in [6.45, 7) is 2.57. The van der Waals surface area contributed by atoms with E-state index in [2.05, 4.69) is 11.8 Å². The number of aliphatic hydroxyl groups is 1. The van der Waals surface area contributed by atoms with E-state index in [0.717, 1.165) is 24.2 Å². The molecule has 0 radical (unpaired) electrons. The van der Waals surface area contributed by atoms with Gasteiger partial charge in [0.15, 0.2) is 9.84 Å². The minimum absolute atomic E-state index is 0.0949. The van der Waals surface area contributed by atoms with Crippen LogP contribution in [0.25, 0.3) is 0 Å². The molecule has 1 fully saturated rings. The van der Waals surface area contributed by atoms with Crippen LogP contribution in [0, 0.1) is 0 Å². The molecular formula is C18H23NO4S. The number of rotatable bonds is 7. The fraction of sp³-hybridized carbons (Fsp3) is 0.444. The van der Waals surface area contributed by atoms with Gasteiger partial charge in [-0.3, -0.25) is 4.90 Å². The van der Waals surface area contributed by atoms with Gasteiger partial charge in [-0.25, -0.2) is 8.42 Å². The Morgan fingerprint density at radius 1 is 1.25 bits per heavy atom. The Kier molecular flexibility index (Phi) is 4.80. The minimum atomic E-state index is -3.22. The number of aliphatic hydroxyl groups excluding tert-OH is 1. The van der Waals surface area contributed by atoms with Gasteiger partial charge in [-0.2, -0.15) is 0 Å². The average molecular weight is 349 g/mol. The van der Waals surface area contributed by atoms with Crippen LogP contribution in [-0.4, -0.2) is 37.3 Å². The molecule has 0 aliphatic heterocycles. The molecule has 2 unspecified atom stereocenters. The fourth-order valence-electron chi connectivity index (χ4n) is 2.96. The SMILES string of the molecule is CC(c1ccco1)N(CC(O)c1ccc(S(C)(=O)=O)cc1)C1CC1. The lowest BCUT2D eigenvalue weighted by Crippen LogP contribution is -2.33. The Hall–Kier alpha value is -1.63. The maximum atomic E-state index is 11.5. The first kappa shape index (κ1) is 17.2. The second-order valence-corrected chi connectivity index (χ2v) is 8.49. The van der Waals surface area contributed by atoms with Crippen molar-refractivity contribution in [3.63, 3.8) is 0 Å². The van der Waals surface area contributed by atoms with Gasteiger partial charge in [-0.1, -0.05) is 12.1 Å². The van der Waals surface area contributed by atoms with E-state index >= 15 is 0 Å². The van der Waals surface area contributed by atoms with Crippen LogP contribution in [0.4, 0.5) is 0 Å². The van der Waals surface area contributed by atoms with Crippen LogP contribution in [0.5, 0.6) is 0 Å². The molecule has 0 bridgehead atoms. The van der Waals surface area contributed by atoms with E-state index in [1.165, 1.54) is 6.26 Å². The van der Waals surface area contributed by atoms with Crippen molar-refractivity contribution in [1.82, 2.24) is 4.90 Å². The molecule has 1 heterocycles. The number of hydrogen-bond acceptors (Lipinski definition) is 5. The molecule has 1 N–H and O–H groups in total. The molecule has 1 aliphatic rings. The highest BCUT2D eigenvalue weighted by molar-refractivity contribution is 7.90. The van der Waals surface area contributed by atoms with E-state index in [1.54, 1.807) is 30.5 Å². The molecule has 0 amide bonds. The van der Waals surface area contributed by atoms with Gasteiger partial charge in [0.25, 0.3) is 0 Å². The van der Waals surface area contributed by atoms with Crippen LogP contribution in [0.1, 0.15) is 43.2 Å². The molecule has 6 heteroatoms. The summed E-state index contributed by atoms with van der Waals surface area (Å²) in [5.41, 5.74) is 0.722. The highest BCUT2D eigenvalue weighted by Gasteiger charge is 2.35. The zero-order chi connectivity index (χ0) is 17.3. The van der Waals surface area contributed by atoms with Gasteiger partial charge in [0.2, 0.25) is 0 Å². The van der Waals surface area contributed by atoms with Gasteiger partial charge >= 0.3 is 0 Å². The number of furan rings is 1. The van der Waals surface area contributed by atoms with Crippen LogP contribution >= 0.6 is 0 Å². The highest BCUT2D eigenvalue weighted by Crippen LogP contribution is 2.36. The van der Waals surface area contributed by atoms with Crippen molar-refractivity contribution in [3.05, 3.63) is 54.0 Å². The first-order chi connectivity index (χ1) is 11.4. The first-order valence-electron chi connectivity index (χ1n) is 8.13. The molecule has 1 aromatic heterocycles. The second-order valence-electron chi connectivity index (χ2n) is 6.48. The zero-order valence-electron chi connectivity index (χ0n) is 13.9. The predicted octanol–water partition coefficient (Wildman–Crippen LogP) is 2.94. The number of benzene rings is 1. The molecule has 1 aliphatic carbocycles. The third kappa shape index (κ3) is 3.88. The molecule has 24 heavy (non-hydrogen) atoms. The molecule has 0 saturated heterocycles. The standard InChI is InChI=1S/C18H23NO4S/c1-13(18-4-3-11-23-18)19(15-7-8-15)12-17(20)14-5-9-16(10-6-14)24(2,21)22/h3-6,9-11,13,15,17,20H,7-8,12H2,1-2H3. The summed E-state index contributed by atoms with van der Waals surface area (Å²) in [4.78, 5) is 2.52. The monoisotopic (exact) mass is 349 g/mol. The molecule has 5 nitrogen and oxygen atoms in total. The van der Waals surface area contributed by atoms with E-state index in [1.807, 2.05) is 12.1 Å². The summed E-state index contributed by atoms with van der Waals surface area (Å²) in [5, 5.41) is 10.6. The van der Waals surface area contributed by atoms with Crippen molar-refractivity contribution < 1.29 is 17.9 Å². The van der Waals surface area contributed by atoms with Gasteiger partial charge in [0.1, 0.15) is 5.76 Å². The third-order valence-corrected chi connectivity index (χ3v) is 5.67. The Morgan fingerprint density at radius 2 is 1.92 bits per heavy atom. The minimum Gasteiger partial charge on any atom is -0.468 e. The first-order valence-corrected chi connectivity index (χ1v) is 10.0. The van der Waals surface area contributed by atoms with Crippen molar-refractivity contribution in [1.29, 1.82) is 0 Å². The molecule has 1 aromatic carbocycles. The van der Waals surface area contributed by atoms with E-state index in [4.69, 9.17) is 4.42 Å². The normalized spacial score (nSPS) is 17.8. The third-order valence-electron chi connectivity index (χ3n) is 4.55. The van der Waals surface area contributed by atoms with Gasteiger partial charge in [0, 0.05) is 18.8 Å². The number of sulfone groups is 1. The maximum Gasteiger partial charge on any atom is 0.175 e. The van der Waals surface area contributed by atoms with Crippen molar-refractivity contribution in [2.45, 2.75) is 42.8 Å². The Bertz CT molecular complexity index is 764. The fourth-order valence-corrected chi connectivity index (χ4v) is 3.59. The summed E-state index contributed by atoms with van der Waals surface area (Å²) in [6.07, 6.45) is 4.43. The Balaban J connectivity index is 1.73. The topological polar surface area (TPSA) is 70.8 Å². The van der Waals surface area contributed by atoms with Crippen molar-refractivity contribution in [2.24, 2.45) is 0 Å². The van der Waals surface area contributed by atoms with E-state index in [9.17, 15) is 13.5 Å². The summed E-state index contributed by atoms with van der Waals surface area (Å²) in [6, 6.07) is 10.8. The Morgan fingerprint density at radius 3 is 2.42 bits per heavy atom. The van der Waals surface area contributed by atoms with Gasteiger partial charge in [-0.05, 0) is 49.6 Å². The molecular weight excluding hydrogens is 326 g/mol. The lowest BCUT2D eigenvalue weighted by Gasteiger charge is -2.30. The van der Waals surface area contributed by atoms with Crippen LogP contribution < -0.4 is 0 Å². The largest absolute Gasteiger partial charge is 0.468 e. The summed E-state index contributed by atoms with van der Waals surface area (Å²) in [7, 11) is -3.22. The van der Waals surface area contributed by atoms with Gasteiger partial charge in [0.05, 0.1) is 23.3 Å². The number of nitrogens with zero attached hydrogens (tertiary/aromatic N) is 1. The maximum absolute atomic E-state index is 11.5. The Labute approximate surface area is 142 Å². The summed E-state index contributed by atoms with van der Waals surface area (Å²) < 4.78 is 28.6. The van der Waals surface area contributed by atoms with Crippen molar-refractivity contribution >= 4 is 9.84 Å². The lowest BCUT2D eigenvalue weighted by atomic mass is 10.1. The molecule has 2 atom stereocenters. The molecule has 3 rings (SSSR count). The molecule has 0 spiro atoms. The molecule has 2 aromatic rings. The van der Waals surface area contributed by atoms with E-state index in [0.29, 0.717) is 12.6 Å². The van der Waals surface area contributed by atoms with Crippen LogP contribution in [0.15, 0.2) is 52.0 Å². The van der Waals surface area contributed by atoms with E-state index < -0.39 is 15.9 Å². The highest BCUT2D eigenvalue weighted by atomic mass is 32.2. The quantitative estimate of drug-likeness (QED) is 0.832. The predicted molar refractivity (Wildman–Crippen MR) is 91.4 cm³/mol. The second kappa shape index (κ2) is 6.70.